The maximum Gasteiger partial charge on any atom is 0.133 e. The quantitative estimate of drug-likeness (QED) is 0.278. The molecule has 0 radical (unpaired) electrons. The number of nitrogens with zero attached hydrogens (tertiary/aromatic N) is 1. The zero-order valence-corrected chi connectivity index (χ0v) is 14.2. The standard InChI is InChI=1S/C17H33NS/c1-4-7-10-13-17(19-16-18,14-11-8-5-2)15-12-9-6-3/h4-15H2,1-3H3. The van der Waals surface area contributed by atoms with Crippen LogP contribution in [-0.2, 0) is 0 Å². The molecule has 112 valence electrons. The smallest absolute Gasteiger partial charge is 0.133 e. The van der Waals surface area contributed by atoms with Gasteiger partial charge in [-0.25, -0.2) is 0 Å². The van der Waals surface area contributed by atoms with E-state index in [9.17, 15) is 5.26 Å². The van der Waals surface area contributed by atoms with Crippen molar-refractivity contribution < 1.29 is 0 Å². The van der Waals surface area contributed by atoms with Crippen LogP contribution < -0.4 is 0 Å². The monoisotopic (exact) mass is 283 g/mol. The highest BCUT2D eigenvalue weighted by Gasteiger charge is 2.29. The molecule has 0 N–H and O–H groups in total. The summed E-state index contributed by atoms with van der Waals surface area (Å²) in [7, 11) is 0. The summed E-state index contributed by atoms with van der Waals surface area (Å²) < 4.78 is 0.258. The van der Waals surface area contributed by atoms with Gasteiger partial charge in [0.15, 0.2) is 0 Å². The first-order valence-corrected chi connectivity index (χ1v) is 9.13. The second-order valence-corrected chi connectivity index (χ2v) is 7.00. The molecule has 0 spiro atoms. The molecule has 0 atom stereocenters. The van der Waals surface area contributed by atoms with E-state index in [1.165, 1.54) is 77.0 Å². The van der Waals surface area contributed by atoms with E-state index in [1.54, 1.807) is 11.8 Å². The van der Waals surface area contributed by atoms with Crippen LogP contribution in [-0.4, -0.2) is 4.75 Å². The van der Waals surface area contributed by atoms with Gasteiger partial charge in [-0.05, 0) is 31.0 Å². The molecular formula is C17H33NS. The van der Waals surface area contributed by atoms with Gasteiger partial charge in [-0.1, -0.05) is 78.6 Å². The van der Waals surface area contributed by atoms with Crippen LogP contribution in [0.1, 0.15) is 97.8 Å². The fourth-order valence-corrected chi connectivity index (χ4v) is 3.65. The van der Waals surface area contributed by atoms with Gasteiger partial charge in [0.1, 0.15) is 5.40 Å². The lowest BCUT2D eigenvalue weighted by atomic mass is 9.89. The zero-order valence-electron chi connectivity index (χ0n) is 13.3. The Balaban J connectivity index is 4.43. The Labute approximate surface area is 125 Å². The van der Waals surface area contributed by atoms with Crippen molar-refractivity contribution >= 4 is 11.8 Å². The third kappa shape index (κ3) is 9.38. The van der Waals surface area contributed by atoms with Crippen molar-refractivity contribution in [1.82, 2.24) is 0 Å². The van der Waals surface area contributed by atoms with E-state index in [-0.39, 0.29) is 4.75 Å². The number of thiocyanates is 1. The normalized spacial score (nSPS) is 11.5. The van der Waals surface area contributed by atoms with Gasteiger partial charge in [0, 0.05) is 4.75 Å². The largest absolute Gasteiger partial charge is 0.185 e. The highest BCUT2D eigenvalue weighted by molar-refractivity contribution is 8.05. The van der Waals surface area contributed by atoms with Crippen LogP contribution in [0.5, 0.6) is 0 Å². The summed E-state index contributed by atoms with van der Waals surface area (Å²) in [5, 5.41) is 11.6. The average Bonchev–Trinajstić information content (AvgIpc) is 2.40. The van der Waals surface area contributed by atoms with Gasteiger partial charge in [-0.3, -0.25) is 0 Å². The van der Waals surface area contributed by atoms with Gasteiger partial charge in [-0.15, -0.1) is 0 Å². The summed E-state index contributed by atoms with van der Waals surface area (Å²) in [6.45, 7) is 6.77. The molecule has 0 saturated heterocycles. The predicted octanol–water partition coefficient (Wildman–Crippen LogP) is 6.68. The van der Waals surface area contributed by atoms with Crippen LogP contribution in [0.15, 0.2) is 0 Å². The van der Waals surface area contributed by atoms with Gasteiger partial charge in [0.05, 0.1) is 0 Å². The van der Waals surface area contributed by atoms with Gasteiger partial charge in [0.2, 0.25) is 0 Å². The van der Waals surface area contributed by atoms with Crippen LogP contribution >= 0.6 is 11.8 Å². The van der Waals surface area contributed by atoms with Crippen molar-refractivity contribution in [2.24, 2.45) is 0 Å². The second-order valence-electron chi connectivity index (χ2n) is 5.75. The Kier molecular flexibility index (Phi) is 12.7. The molecule has 1 nitrogen and oxygen atoms in total. The Morgan fingerprint density at radius 1 is 0.737 bits per heavy atom. The highest BCUT2D eigenvalue weighted by Crippen LogP contribution is 2.40. The molecule has 0 saturated carbocycles. The minimum absolute atomic E-state index is 0.258. The molecule has 0 aliphatic heterocycles. The van der Waals surface area contributed by atoms with Crippen molar-refractivity contribution in [3.8, 4) is 5.40 Å². The topological polar surface area (TPSA) is 23.8 Å². The Morgan fingerprint density at radius 3 is 1.37 bits per heavy atom. The van der Waals surface area contributed by atoms with Crippen LogP contribution in [0.4, 0.5) is 0 Å². The summed E-state index contributed by atoms with van der Waals surface area (Å²) in [4.78, 5) is 0. The summed E-state index contributed by atoms with van der Waals surface area (Å²) in [5.41, 5.74) is 0. The molecule has 0 fully saturated rings. The Hall–Kier alpha value is -0.160. The van der Waals surface area contributed by atoms with Crippen LogP contribution in [0, 0.1) is 10.7 Å². The lowest BCUT2D eigenvalue weighted by molar-refractivity contribution is 0.414. The van der Waals surface area contributed by atoms with E-state index >= 15 is 0 Å². The summed E-state index contributed by atoms with van der Waals surface area (Å²) in [6, 6.07) is 0. The molecule has 0 unspecified atom stereocenters. The molecule has 0 bridgehead atoms. The number of thioether (sulfide) groups is 1. The zero-order chi connectivity index (χ0) is 14.4. The number of rotatable bonds is 13. The molecule has 0 aromatic heterocycles. The molecule has 19 heavy (non-hydrogen) atoms. The van der Waals surface area contributed by atoms with E-state index in [0.717, 1.165) is 0 Å². The van der Waals surface area contributed by atoms with Crippen LogP contribution in [0.25, 0.3) is 0 Å². The van der Waals surface area contributed by atoms with Crippen LogP contribution in [0.2, 0.25) is 0 Å². The second kappa shape index (κ2) is 12.9. The number of unbranched alkanes of at least 4 members (excludes halogenated alkanes) is 6. The highest BCUT2D eigenvalue weighted by atomic mass is 32.2. The first kappa shape index (κ1) is 18.8. The molecule has 2 heteroatoms. The molecule has 0 aliphatic rings. The Bertz CT molecular complexity index is 205. The number of nitriles is 1. The van der Waals surface area contributed by atoms with Crippen LogP contribution in [0.3, 0.4) is 0 Å². The molecule has 0 heterocycles. The first-order chi connectivity index (χ1) is 9.24. The van der Waals surface area contributed by atoms with Gasteiger partial charge in [0.25, 0.3) is 0 Å². The maximum atomic E-state index is 9.18. The van der Waals surface area contributed by atoms with E-state index in [0.29, 0.717) is 0 Å². The van der Waals surface area contributed by atoms with Gasteiger partial charge < -0.3 is 0 Å². The summed E-state index contributed by atoms with van der Waals surface area (Å²) in [5.74, 6) is 0. The minimum atomic E-state index is 0.258. The van der Waals surface area contributed by atoms with Crippen molar-refractivity contribution in [3.63, 3.8) is 0 Å². The van der Waals surface area contributed by atoms with Crippen molar-refractivity contribution in [2.45, 2.75) is 103 Å². The minimum Gasteiger partial charge on any atom is -0.185 e. The molecule has 0 aromatic carbocycles. The molecule has 0 amide bonds. The van der Waals surface area contributed by atoms with Gasteiger partial charge >= 0.3 is 0 Å². The van der Waals surface area contributed by atoms with Crippen molar-refractivity contribution in [1.29, 1.82) is 5.26 Å². The molecular weight excluding hydrogens is 250 g/mol. The molecule has 0 aliphatic carbocycles. The summed E-state index contributed by atoms with van der Waals surface area (Å²) in [6.07, 6.45) is 15.4. The number of hydrogen-bond acceptors (Lipinski definition) is 2. The third-order valence-corrected chi connectivity index (χ3v) is 5.11. The average molecular weight is 284 g/mol. The lowest BCUT2D eigenvalue weighted by Crippen LogP contribution is -2.24. The molecule has 0 rings (SSSR count). The van der Waals surface area contributed by atoms with E-state index in [2.05, 4.69) is 26.2 Å². The van der Waals surface area contributed by atoms with E-state index < -0.39 is 0 Å². The molecule has 0 aromatic rings. The van der Waals surface area contributed by atoms with Gasteiger partial charge in [-0.2, -0.15) is 5.26 Å². The lowest BCUT2D eigenvalue weighted by Gasteiger charge is -2.31. The summed E-state index contributed by atoms with van der Waals surface area (Å²) >= 11 is 1.58. The third-order valence-electron chi connectivity index (χ3n) is 3.97. The Morgan fingerprint density at radius 2 is 1.11 bits per heavy atom. The maximum absolute atomic E-state index is 9.18. The fraction of sp³-hybridized carbons (Fsp3) is 0.941. The number of hydrogen-bond donors (Lipinski definition) is 0. The fourth-order valence-electron chi connectivity index (χ4n) is 2.72. The van der Waals surface area contributed by atoms with Crippen molar-refractivity contribution in [2.75, 3.05) is 0 Å². The van der Waals surface area contributed by atoms with E-state index in [4.69, 9.17) is 0 Å². The first-order valence-electron chi connectivity index (χ1n) is 8.31. The van der Waals surface area contributed by atoms with E-state index in [1.807, 2.05) is 0 Å². The van der Waals surface area contributed by atoms with Crippen molar-refractivity contribution in [3.05, 3.63) is 0 Å². The predicted molar refractivity (Wildman–Crippen MR) is 88.4 cm³/mol. The SMILES string of the molecule is CCCCCC(CCCCC)(CCCCC)SC#N.